The molecule has 9 nitrogen and oxygen atoms in total. The third-order valence-electron chi connectivity index (χ3n) is 8.59. The van der Waals surface area contributed by atoms with Crippen LogP contribution in [0.4, 0.5) is 5.69 Å². The number of para-hydroxylation sites is 1. The van der Waals surface area contributed by atoms with Crippen molar-refractivity contribution in [3.8, 4) is 11.5 Å². The zero-order chi connectivity index (χ0) is 26.4. The highest BCUT2D eigenvalue weighted by Crippen LogP contribution is 2.49. The van der Waals surface area contributed by atoms with E-state index in [1.807, 2.05) is 0 Å². The maximum absolute atomic E-state index is 13.8. The molecular formula is C29H34N4O5. The molecule has 4 aliphatic heterocycles. The highest BCUT2D eigenvalue weighted by Gasteiger charge is 2.50. The summed E-state index contributed by atoms with van der Waals surface area (Å²) < 4.78 is 11.0. The number of ether oxygens (including phenoxy) is 2. The van der Waals surface area contributed by atoms with Gasteiger partial charge in [-0.15, -0.1) is 0 Å². The topological polar surface area (TPSA) is 91.4 Å². The first kappa shape index (κ1) is 24.7. The molecule has 4 aliphatic rings. The van der Waals surface area contributed by atoms with Crippen LogP contribution in [-0.4, -0.2) is 74.0 Å². The van der Waals surface area contributed by atoms with Gasteiger partial charge in [-0.25, -0.2) is 0 Å². The van der Waals surface area contributed by atoms with Crippen LogP contribution in [0.15, 0.2) is 36.4 Å². The van der Waals surface area contributed by atoms with Gasteiger partial charge in [0.05, 0.1) is 31.0 Å². The number of hydrogen-bond acceptors (Lipinski definition) is 6. The number of methoxy groups -OCH3 is 2. The molecule has 2 aromatic rings. The molecule has 0 bridgehead atoms. The van der Waals surface area contributed by atoms with Crippen molar-refractivity contribution in [1.29, 1.82) is 0 Å². The van der Waals surface area contributed by atoms with Crippen LogP contribution < -0.4 is 19.7 Å². The van der Waals surface area contributed by atoms with Gasteiger partial charge in [0.25, 0.3) is 11.8 Å². The van der Waals surface area contributed by atoms with E-state index >= 15 is 0 Å². The van der Waals surface area contributed by atoms with Gasteiger partial charge in [0.2, 0.25) is 5.91 Å². The molecule has 2 unspecified atom stereocenters. The zero-order valence-corrected chi connectivity index (χ0v) is 21.9. The Balaban J connectivity index is 1.28. The molecule has 1 N–H and O–H groups in total. The van der Waals surface area contributed by atoms with Crippen LogP contribution in [0.2, 0.25) is 0 Å². The molecule has 2 fully saturated rings. The van der Waals surface area contributed by atoms with Gasteiger partial charge >= 0.3 is 0 Å². The smallest absolute Gasteiger partial charge is 0.264 e. The van der Waals surface area contributed by atoms with E-state index in [1.54, 1.807) is 41.3 Å². The van der Waals surface area contributed by atoms with Crippen LogP contribution in [0.1, 0.15) is 64.5 Å². The monoisotopic (exact) mass is 518 g/mol. The van der Waals surface area contributed by atoms with Gasteiger partial charge in [0.1, 0.15) is 12.7 Å². The molecule has 9 heteroatoms. The standard InChI is InChI=1S/C29H34N4O5/c1-37-23-13-12-20-25(26(23)38-2)29(36)33-22-11-4-3-9-19(22)28(35)32(27(20)33)17-24(34)30-16-18-8-7-15-31-14-6-5-10-21(18)31/h3-4,9,11-13,18,21,27H,5-8,10,14-17H2,1-2H3,(H,30,34)/t18?,21-,27?/m0/s1. The number of amides is 3. The predicted octanol–water partition coefficient (Wildman–Crippen LogP) is 3.20. The van der Waals surface area contributed by atoms with Crippen molar-refractivity contribution in [2.24, 2.45) is 5.92 Å². The molecule has 0 aromatic heterocycles. The number of piperidine rings is 2. The number of nitrogens with zero attached hydrogens (tertiary/aromatic N) is 3. The molecule has 6 rings (SSSR count). The summed E-state index contributed by atoms with van der Waals surface area (Å²) >= 11 is 0. The van der Waals surface area contributed by atoms with Gasteiger partial charge in [-0.3, -0.25) is 19.3 Å². The second-order valence-corrected chi connectivity index (χ2v) is 10.6. The van der Waals surface area contributed by atoms with Crippen molar-refractivity contribution < 1.29 is 23.9 Å². The second-order valence-electron chi connectivity index (χ2n) is 10.6. The van der Waals surface area contributed by atoms with Crippen LogP contribution in [0, 0.1) is 5.92 Å². The second kappa shape index (κ2) is 9.94. The average molecular weight is 519 g/mol. The van der Waals surface area contributed by atoms with Gasteiger partial charge in [0, 0.05) is 18.2 Å². The molecule has 2 saturated heterocycles. The minimum Gasteiger partial charge on any atom is -0.493 e. The summed E-state index contributed by atoms with van der Waals surface area (Å²) in [5, 5.41) is 3.13. The Morgan fingerprint density at radius 2 is 1.79 bits per heavy atom. The SMILES string of the molecule is COc1ccc2c(c1OC)C(=O)N1c3ccccc3C(=O)N(CC(=O)NCC3CCCN4CCCC[C@@H]34)C21. The number of carbonyl (C=O) groups is 3. The maximum Gasteiger partial charge on any atom is 0.264 e. The predicted molar refractivity (Wildman–Crippen MR) is 142 cm³/mol. The summed E-state index contributed by atoms with van der Waals surface area (Å²) in [5.74, 6) is 0.412. The first-order valence-electron chi connectivity index (χ1n) is 13.5. The number of anilines is 1. The van der Waals surface area contributed by atoms with E-state index < -0.39 is 6.17 Å². The van der Waals surface area contributed by atoms with Crippen LogP contribution in [0.5, 0.6) is 11.5 Å². The molecule has 2 aromatic carbocycles. The van der Waals surface area contributed by atoms with E-state index in [2.05, 4.69) is 10.2 Å². The minimum atomic E-state index is -0.742. The van der Waals surface area contributed by atoms with Gasteiger partial charge in [-0.2, -0.15) is 0 Å². The van der Waals surface area contributed by atoms with Crippen molar-refractivity contribution >= 4 is 23.4 Å². The zero-order valence-electron chi connectivity index (χ0n) is 21.9. The molecular weight excluding hydrogens is 484 g/mol. The van der Waals surface area contributed by atoms with Crippen LogP contribution in [-0.2, 0) is 4.79 Å². The first-order chi connectivity index (χ1) is 18.5. The highest BCUT2D eigenvalue weighted by atomic mass is 16.5. The fraction of sp³-hybridized carbons (Fsp3) is 0.483. The van der Waals surface area contributed by atoms with Gasteiger partial charge < -0.3 is 24.6 Å². The summed E-state index contributed by atoms with van der Waals surface area (Å²) in [5.41, 5.74) is 1.90. The van der Waals surface area contributed by atoms with Crippen molar-refractivity contribution in [2.45, 2.75) is 44.3 Å². The largest absolute Gasteiger partial charge is 0.493 e. The number of benzene rings is 2. The normalized spacial score (nSPS) is 24.3. The lowest BCUT2D eigenvalue weighted by Gasteiger charge is -2.44. The summed E-state index contributed by atoms with van der Waals surface area (Å²) in [7, 11) is 3.01. The van der Waals surface area contributed by atoms with Crippen LogP contribution >= 0.6 is 0 Å². The van der Waals surface area contributed by atoms with E-state index in [9.17, 15) is 14.4 Å². The molecule has 0 spiro atoms. The Hall–Kier alpha value is -3.59. The average Bonchev–Trinajstić information content (AvgIpc) is 3.25. The molecule has 0 saturated carbocycles. The van der Waals surface area contributed by atoms with Crippen LogP contribution in [0.25, 0.3) is 0 Å². The van der Waals surface area contributed by atoms with Crippen LogP contribution in [0.3, 0.4) is 0 Å². The van der Waals surface area contributed by atoms with Gasteiger partial charge in [-0.05, 0) is 62.9 Å². The highest BCUT2D eigenvalue weighted by molar-refractivity contribution is 6.18. The Labute approximate surface area is 222 Å². The molecule has 200 valence electrons. The number of carbonyl (C=O) groups excluding carboxylic acids is 3. The molecule has 4 heterocycles. The summed E-state index contributed by atoms with van der Waals surface area (Å²) in [6.07, 6.45) is 5.20. The quantitative estimate of drug-likeness (QED) is 0.632. The van der Waals surface area contributed by atoms with E-state index in [1.165, 1.54) is 38.4 Å². The van der Waals surface area contributed by atoms with Crippen molar-refractivity contribution in [2.75, 3.05) is 45.3 Å². The fourth-order valence-corrected chi connectivity index (χ4v) is 6.86. The number of hydrogen-bond donors (Lipinski definition) is 1. The summed E-state index contributed by atoms with van der Waals surface area (Å²) in [6.45, 7) is 2.76. The Kier molecular flexibility index (Phi) is 6.47. The number of fused-ring (bicyclic) bond motifs is 6. The molecule has 3 amide bonds. The third-order valence-corrected chi connectivity index (χ3v) is 8.59. The van der Waals surface area contributed by atoms with Crippen molar-refractivity contribution in [1.82, 2.24) is 15.1 Å². The third kappa shape index (κ3) is 3.91. The summed E-state index contributed by atoms with van der Waals surface area (Å²) in [6, 6.07) is 11.1. The lowest BCUT2D eigenvalue weighted by atomic mass is 9.83. The Bertz CT molecular complexity index is 1280. The summed E-state index contributed by atoms with van der Waals surface area (Å²) in [4.78, 5) is 46.5. The minimum absolute atomic E-state index is 0.142. The van der Waals surface area contributed by atoms with E-state index in [-0.39, 0.29) is 24.3 Å². The Morgan fingerprint density at radius 1 is 0.974 bits per heavy atom. The van der Waals surface area contributed by atoms with Gasteiger partial charge in [-0.1, -0.05) is 24.6 Å². The van der Waals surface area contributed by atoms with Crippen molar-refractivity contribution in [3.05, 3.63) is 53.1 Å². The van der Waals surface area contributed by atoms with E-state index in [0.29, 0.717) is 52.4 Å². The maximum atomic E-state index is 13.8. The lowest BCUT2D eigenvalue weighted by Crippen LogP contribution is -2.53. The molecule has 38 heavy (non-hydrogen) atoms. The number of nitrogens with one attached hydrogen (secondary N) is 1. The van der Waals surface area contributed by atoms with E-state index in [4.69, 9.17) is 9.47 Å². The first-order valence-corrected chi connectivity index (χ1v) is 13.5. The lowest BCUT2D eigenvalue weighted by molar-refractivity contribution is -0.122. The Morgan fingerprint density at radius 3 is 2.61 bits per heavy atom. The molecule has 0 radical (unpaired) electrons. The van der Waals surface area contributed by atoms with E-state index in [0.717, 1.165) is 25.9 Å². The van der Waals surface area contributed by atoms with Gasteiger partial charge in [0.15, 0.2) is 11.5 Å². The van der Waals surface area contributed by atoms with Crippen molar-refractivity contribution in [3.63, 3.8) is 0 Å². The fourth-order valence-electron chi connectivity index (χ4n) is 6.86. The molecule has 3 atom stereocenters. The molecule has 0 aliphatic carbocycles. The number of rotatable bonds is 6.